The fourth-order valence-corrected chi connectivity index (χ4v) is 3.70. The smallest absolute Gasteiger partial charge is 0.313 e. The second-order valence-electron chi connectivity index (χ2n) is 7.35. The fraction of sp³-hybridized carbons (Fsp3) is 0.850. The zero-order chi connectivity index (χ0) is 17.9. The van der Waals surface area contributed by atoms with E-state index in [1.807, 2.05) is 6.92 Å². The lowest BCUT2D eigenvalue weighted by Crippen LogP contribution is -2.40. The van der Waals surface area contributed by atoms with Gasteiger partial charge in [-0.25, -0.2) is 0 Å². The summed E-state index contributed by atoms with van der Waals surface area (Å²) in [4.78, 5) is 14.6. The Balaban J connectivity index is 2.65. The molecule has 0 unspecified atom stereocenters. The monoisotopic (exact) mass is 338 g/mol. The van der Waals surface area contributed by atoms with Gasteiger partial charge in [0.15, 0.2) is 0 Å². The number of hydrogen-bond acceptors (Lipinski definition) is 4. The van der Waals surface area contributed by atoms with Gasteiger partial charge in [0.05, 0.1) is 12.5 Å². The first kappa shape index (κ1) is 21.2. The molecule has 4 nitrogen and oxygen atoms in total. The first-order chi connectivity index (χ1) is 11.5. The Morgan fingerprint density at radius 3 is 2.67 bits per heavy atom. The maximum absolute atomic E-state index is 12.4. The SMILES string of the molecule is CCCCC[C@H]1C[C@H](NCCCN(C)C)C=C(C)[C@@H]1C(=O)OCC. The Labute approximate surface area is 149 Å². The van der Waals surface area contributed by atoms with Crippen LogP contribution in [0.4, 0.5) is 0 Å². The number of hydrogen-bond donors (Lipinski definition) is 1. The summed E-state index contributed by atoms with van der Waals surface area (Å²) >= 11 is 0. The molecule has 1 aliphatic carbocycles. The largest absolute Gasteiger partial charge is 0.466 e. The molecule has 1 aliphatic rings. The maximum Gasteiger partial charge on any atom is 0.313 e. The summed E-state index contributed by atoms with van der Waals surface area (Å²) in [7, 11) is 4.22. The molecule has 0 saturated carbocycles. The van der Waals surface area contributed by atoms with Crippen molar-refractivity contribution >= 4 is 5.97 Å². The first-order valence-corrected chi connectivity index (χ1v) is 9.72. The van der Waals surface area contributed by atoms with Crippen molar-refractivity contribution in [3.8, 4) is 0 Å². The van der Waals surface area contributed by atoms with E-state index >= 15 is 0 Å². The number of nitrogens with one attached hydrogen (secondary N) is 1. The topological polar surface area (TPSA) is 41.6 Å². The van der Waals surface area contributed by atoms with Gasteiger partial charge in [-0.1, -0.05) is 37.8 Å². The average molecular weight is 339 g/mol. The molecule has 0 aliphatic heterocycles. The molecular formula is C20H38N2O2. The molecule has 1 N–H and O–H groups in total. The van der Waals surface area contributed by atoms with Gasteiger partial charge in [-0.15, -0.1) is 0 Å². The van der Waals surface area contributed by atoms with Crippen LogP contribution >= 0.6 is 0 Å². The van der Waals surface area contributed by atoms with E-state index in [9.17, 15) is 4.79 Å². The van der Waals surface area contributed by atoms with Crippen LogP contribution in [-0.2, 0) is 9.53 Å². The molecule has 1 rings (SSSR count). The minimum atomic E-state index is -0.0402. The van der Waals surface area contributed by atoms with Crippen molar-refractivity contribution < 1.29 is 9.53 Å². The third-order valence-corrected chi connectivity index (χ3v) is 4.89. The van der Waals surface area contributed by atoms with Gasteiger partial charge in [0.25, 0.3) is 0 Å². The zero-order valence-electron chi connectivity index (χ0n) is 16.4. The Kier molecular flexibility index (Phi) is 10.3. The second-order valence-corrected chi connectivity index (χ2v) is 7.35. The zero-order valence-corrected chi connectivity index (χ0v) is 16.4. The molecule has 0 spiro atoms. The van der Waals surface area contributed by atoms with E-state index in [1.165, 1.54) is 24.8 Å². The van der Waals surface area contributed by atoms with Gasteiger partial charge < -0.3 is 15.0 Å². The van der Waals surface area contributed by atoms with Gasteiger partial charge in [-0.05, 0) is 66.2 Å². The molecule has 0 saturated heterocycles. The molecule has 0 amide bonds. The van der Waals surface area contributed by atoms with Crippen LogP contribution in [0.2, 0.25) is 0 Å². The van der Waals surface area contributed by atoms with Gasteiger partial charge in [-0.3, -0.25) is 4.79 Å². The number of carbonyl (C=O) groups is 1. The molecular weight excluding hydrogens is 300 g/mol. The van der Waals surface area contributed by atoms with E-state index in [0.717, 1.165) is 32.4 Å². The van der Waals surface area contributed by atoms with Gasteiger partial charge in [0.2, 0.25) is 0 Å². The summed E-state index contributed by atoms with van der Waals surface area (Å²) in [6.45, 7) is 8.82. The molecule has 0 aromatic carbocycles. The van der Waals surface area contributed by atoms with Crippen molar-refractivity contribution in [2.75, 3.05) is 33.8 Å². The van der Waals surface area contributed by atoms with Crippen molar-refractivity contribution in [1.82, 2.24) is 10.2 Å². The van der Waals surface area contributed by atoms with Crippen molar-refractivity contribution in [1.29, 1.82) is 0 Å². The minimum Gasteiger partial charge on any atom is -0.466 e. The van der Waals surface area contributed by atoms with Crippen LogP contribution in [0.15, 0.2) is 11.6 Å². The predicted molar refractivity (Wildman–Crippen MR) is 101 cm³/mol. The van der Waals surface area contributed by atoms with Gasteiger partial charge in [0.1, 0.15) is 0 Å². The quantitative estimate of drug-likeness (QED) is 0.355. The van der Waals surface area contributed by atoms with Gasteiger partial charge >= 0.3 is 5.97 Å². The third-order valence-electron chi connectivity index (χ3n) is 4.89. The van der Waals surface area contributed by atoms with E-state index in [0.29, 0.717) is 18.6 Å². The van der Waals surface area contributed by atoms with Gasteiger partial charge in [0, 0.05) is 6.04 Å². The van der Waals surface area contributed by atoms with Crippen LogP contribution in [0.25, 0.3) is 0 Å². The van der Waals surface area contributed by atoms with E-state index in [-0.39, 0.29) is 11.9 Å². The third kappa shape index (κ3) is 7.35. The molecule has 0 aromatic heterocycles. The molecule has 140 valence electrons. The lowest BCUT2D eigenvalue weighted by atomic mass is 9.74. The molecule has 3 atom stereocenters. The number of nitrogens with zero attached hydrogens (tertiary/aromatic N) is 1. The Hall–Kier alpha value is -0.870. The molecule has 0 heterocycles. The normalized spacial score (nSPS) is 24.1. The van der Waals surface area contributed by atoms with E-state index in [2.05, 4.69) is 44.2 Å². The summed E-state index contributed by atoms with van der Waals surface area (Å²) in [6, 6.07) is 0.393. The molecule has 24 heavy (non-hydrogen) atoms. The second kappa shape index (κ2) is 11.6. The summed E-state index contributed by atoms with van der Waals surface area (Å²) in [5.41, 5.74) is 1.19. The number of carbonyl (C=O) groups excluding carboxylic acids is 1. The van der Waals surface area contributed by atoms with Crippen LogP contribution in [0.1, 0.15) is 59.3 Å². The van der Waals surface area contributed by atoms with Crippen LogP contribution in [-0.4, -0.2) is 50.7 Å². The van der Waals surface area contributed by atoms with Crippen LogP contribution in [0.5, 0.6) is 0 Å². The number of rotatable bonds is 11. The van der Waals surface area contributed by atoms with Gasteiger partial charge in [-0.2, -0.15) is 0 Å². The molecule has 0 bridgehead atoms. The average Bonchev–Trinajstić information content (AvgIpc) is 2.51. The molecule has 4 heteroatoms. The van der Waals surface area contributed by atoms with E-state index in [4.69, 9.17) is 4.74 Å². The Morgan fingerprint density at radius 1 is 1.29 bits per heavy atom. The highest BCUT2D eigenvalue weighted by atomic mass is 16.5. The highest BCUT2D eigenvalue weighted by molar-refractivity contribution is 5.76. The fourth-order valence-electron chi connectivity index (χ4n) is 3.70. The first-order valence-electron chi connectivity index (χ1n) is 9.72. The van der Waals surface area contributed by atoms with Crippen molar-refractivity contribution in [3.63, 3.8) is 0 Å². The number of unbranched alkanes of at least 4 members (excludes halogenated alkanes) is 2. The standard InChI is InChI=1S/C20H38N2O2/c1-6-8-9-11-17-15-18(21-12-10-13-22(4)5)14-16(3)19(17)20(23)24-7-2/h14,17-19,21H,6-13,15H2,1-5H3/t17-,18+,19-/m0/s1. The van der Waals surface area contributed by atoms with Crippen LogP contribution in [0, 0.1) is 11.8 Å². The molecule has 0 aromatic rings. The number of esters is 1. The van der Waals surface area contributed by atoms with Crippen LogP contribution in [0.3, 0.4) is 0 Å². The number of ether oxygens (including phenoxy) is 1. The Morgan fingerprint density at radius 2 is 2.04 bits per heavy atom. The minimum absolute atomic E-state index is 0.0289. The lowest BCUT2D eigenvalue weighted by Gasteiger charge is -2.34. The van der Waals surface area contributed by atoms with Crippen molar-refractivity contribution in [3.05, 3.63) is 11.6 Å². The highest BCUT2D eigenvalue weighted by Crippen LogP contribution is 2.35. The summed E-state index contributed by atoms with van der Waals surface area (Å²) in [5.74, 6) is 0.340. The molecule has 0 radical (unpaired) electrons. The summed E-state index contributed by atoms with van der Waals surface area (Å²) in [6.07, 6.45) is 9.25. The predicted octanol–water partition coefficient (Wildman–Crippen LogP) is 3.62. The van der Waals surface area contributed by atoms with E-state index < -0.39 is 0 Å². The molecule has 0 fully saturated rings. The van der Waals surface area contributed by atoms with E-state index in [1.54, 1.807) is 0 Å². The summed E-state index contributed by atoms with van der Waals surface area (Å²) < 4.78 is 5.34. The van der Waals surface area contributed by atoms with Crippen molar-refractivity contribution in [2.24, 2.45) is 11.8 Å². The maximum atomic E-state index is 12.4. The summed E-state index contributed by atoms with van der Waals surface area (Å²) in [5, 5.41) is 3.66. The lowest BCUT2D eigenvalue weighted by molar-refractivity contribution is -0.148. The van der Waals surface area contributed by atoms with Crippen LogP contribution < -0.4 is 5.32 Å². The Bertz CT molecular complexity index is 393. The highest BCUT2D eigenvalue weighted by Gasteiger charge is 2.35. The van der Waals surface area contributed by atoms with Crippen molar-refractivity contribution in [2.45, 2.75) is 65.3 Å².